The molecule has 4 heteroatoms. The lowest BCUT2D eigenvalue weighted by atomic mass is 9.97. The topological polar surface area (TPSA) is 24.9 Å². The molecule has 0 saturated carbocycles. The fourth-order valence-electron chi connectivity index (χ4n) is 1.99. The molecule has 0 radical (unpaired) electrons. The first-order valence-corrected chi connectivity index (χ1v) is 7.25. The molecule has 0 amide bonds. The van der Waals surface area contributed by atoms with Gasteiger partial charge in [0.1, 0.15) is 0 Å². The molecule has 0 fully saturated rings. The molecule has 0 aliphatic rings. The largest absolute Gasteiger partial charge is 0.309 e. The van der Waals surface area contributed by atoms with Gasteiger partial charge in [-0.3, -0.25) is 4.98 Å². The summed E-state index contributed by atoms with van der Waals surface area (Å²) in [4.78, 5) is 4.22. The summed E-state index contributed by atoms with van der Waals surface area (Å²) in [5.74, 6) is 0. The van der Waals surface area contributed by atoms with E-state index < -0.39 is 0 Å². The van der Waals surface area contributed by atoms with E-state index in [0.29, 0.717) is 0 Å². The van der Waals surface area contributed by atoms with E-state index in [9.17, 15) is 0 Å². The third-order valence-corrected chi connectivity index (χ3v) is 4.13. The first-order chi connectivity index (χ1) is 8.63. The van der Waals surface area contributed by atoms with E-state index in [-0.39, 0.29) is 6.04 Å². The number of aromatic nitrogens is 1. The lowest BCUT2D eigenvalue weighted by Crippen LogP contribution is -2.19. The zero-order chi connectivity index (χ0) is 13.1. The molecule has 0 aliphatic carbocycles. The molecular weight excluding hydrogens is 356 g/mol. The Kier molecular flexibility index (Phi) is 4.54. The maximum Gasteiger partial charge on any atom is 0.0603 e. The predicted octanol–water partition coefficient (Wildman–Crippen LogP) is 4.22. The lowest BCUT2D eigenvalue weighted by molar-refractivity contribution is 0.681. The molecule has 0 bridgehead atoms. The van der Waals surface area contributed by atoms with Crippen molar-refractivity contribution in [3.05, 3.63) is 62.3 Å². The monoisotopic (exact) mass is 368 g/mol. The van der Waals surface area contributed by atoms with Crippen LogP contribution in [-0.2, 0) is 0 Å². The Morgan fingerprint density at radius 2 is 1.94 bits per heavy atom. The molecule has 0 aliphatic heterocycles. The second kappa shape index (κ2) is 5.95. The zero-order valence-corrected chi connectivity index (χ0v) is 13.4. The Morgan fingerprint density at radius 1 is 1.17 bits per heavy atom. The molecule has 0 saturated heterocycles. The molecule has 0 spiro atoms. The van der Waals surface area contributed by atoms with Crippen LogP contribution in [-0.4, -0.2) is 12.0 Å². The van der Waals surface area contributed by atoms with Crippen molar-refractivity contribution in [1.82, 2.24) is 10.3 Å². The minimum Gasteiger partial charge on any atom is -0.309 e. The molecule has 2 rings (SSSR count). The van der Waals surface area contributed by atoms with E-state index in [1.807, 2.05) is 25.5 Å². The van der Waals surface area contributed by atoms with Crippen LogP contribution in [0.2, 0.25) is 0 Å². The molecule has 1 unspecified atom stereocenters. The van der Waals surface area contributed by atoms with Crippen LogP contribution in [0.15, 0.2) is 45.6 Å². The van der Waals surface area contributed by atoms with Crippen LogP contribution in [0.5, 0.6) is 0 Å². The molecule has 2 aromatic rings. The first kappa shape index (κ1) is 13.7. The van der Waals surface area contributed by atoms with Crippen molar-refractivity contribution in [2.75, 3.05) is 7.05 Å². The van der Waals surface area contributed by atoms with Gasteiger partial charge in [0.05, 0.1) is 6.04 Å². The van der Waals surface area contributed by atoms with Gasteiger partial charge in [0.2, 0.25) is 0 Å². The van der Waals surface area contributed by atoms with Crippen LogP contribution in [0.1, 0.15) is 22.7 Å². The van der Waals surface area contributed by atoms with Gasteiger partial charge in [-0.1, -0.05) is 37.9 Å². The fraction of sp³-hybridized carbons (Fsp3) is 0.214. The summed E-state index contributed by atoms with van der Waals surface area (Å²) < 4.78 is 2.15. The Balaban J connectivity index is 2.49. The second-order valence-corrected chi connectivity index (χ2v) is 5.89. The number of rotatable bonds is 3. The minimum absolute atomic E-state index is 0.140. The van der Waals surface area contributed by atoms with Crippen molar-refractivity contribution in [2.24, 2.45) is 0 Å². The summed E-state index contributed by atoms with van der Waals surface area (Å²) in [6.07, 6.45) is 3.74. The summed E-state index contributed by atoms with van der Waals surface area (Å²) in [6.45, 7) is 2.11. The minimum atomic E-state index is 0.140. The van der Waals surface area contributed by atoms with E-state index in [2.05, 4.69) is 67.3 Å². The van der Waals surface area contributed by atoms with Crippen LogP contribution in [0.3, 0.4) is 0 Å². The van der Waals surface area contributed by atoms with Gasteiger partial charge in [0, 0.05) is 21.3 Å². The molecule has 1 N–H and O–H groups in total. The van der Waals surface area contributed by atoms with Crippen molar-refractivity contribution in [3.63, 3.8) is 0 Å². The average Bonchev–Trinajstić information content (AvgIpc) is 2.34. The average molecular weight is 370 g/mol. The van der Waals surface area contributed by atoms with Crippen LogP contribution in [0.25, 0.3) is 0 Å². The Morgan fingerprint density at radius 3 is 2.56 bits per heavy atom. The fourth-order valence-corrected chi connectivity index (χ4v) is 3.27. The van der Waals surface area contributed by atoms with Gasteiger partial charge in [-0.15, -0.1) is 0 Å². The van der Waals surface area contributed by atoms with E-state index in [1.54, 1.807) is 0 Å². The molecule has 2 nitrogen and oxygen atoms in total. The number of nitrogens with zero attached hydrogens (tertiary/aromatic N) is 1. The summed E-state index contributed by atoms with van der Waals surface area (Å²) in [5.41, 5.74) is 3.64. The van der Waals surface area contributed by atoms with Crippen LogP contribution in [0, 0.1) is 6.92 Å². The van der Waals surface area contributed by atoms with Gasteiger partial charge in [0.25, 0.3) is 0 Å². The summed E-state index contributed by atoms with van der Waals surface area (Å²) in [6, 6.07) is 8.40. The van der Waals surface area contributed by atoms with Crippen molar-refractivity contribution >= 4 is 31.9 Å². The third-order valence-electron chi connectivity index (χ3n) is 2.95. The Bertz CT molecular complexity index is 555. The van der Waals surface area contributed by atoms with Crippen molar-refractivity contribution < 1.29 is 0 Å². The number of benzene rings is 1. The molecule has 1 atom stereocenters. The first-order valence-electron chi connectivity index (χ1n) is 5.66. The van der Waals surface area contributed by atoms with E-state index >= 15 is 0 Å². The SMILES string of the molecule is CNC(c1cnccc1C)c1ccc(Br)cc1Br. The number of pyridine rings is 1. The van der Waals surface area contributed by atoms with Crippen molar-refractivity contribution in [1.29, 1.82) is 0 Å². The molecule has 18 heavy (non-hydrogen) atoms. The van der Waals surface area contributed by atoms with Gasteiger partial charge >= 0.3 is 0 Å². The Labute approximate surface area is 124 Å². The maximum absolute atomic E-state index is 4.22. The highest BCUT2D eigenvalue weighted by Gasteiger charge is 2.16. The standard InChI is InChI=1S/C14H14Br2N2/c1-9-5-6-18-8-12(9)14(17-2)11-4-3-10(15)7-13(11)16/h3-8,14,17H,1-2H3. The predicted molar refractivity (Wildman–Crippen MR) is 81.7 cm³/mol. The molecular formula is C14H14Br2N2. The summed E-state index contributed by atoms with van der Waals surface area (Å²) >= 11 is 7.10. The van der Waals surface area contributed by atoms with Gasteiger partial charge in [0.15, 0.2) is 0 Å². The van der Waals surface area contributed by atoms with E-state index in [0.717, 1.165) is 8.95 Å². The molecule has 1 heterocycles. The molecule has 1 aromatic carbocycles. The number of halogens is 2. The van der Waals surface area contributed by atoms with E-state index in [1.165, 1.54) is 16.7 Å². The van der Waals surface area contributed by atoms with Crippen molar-refractivity contribution in [2.45, 2.75) is 13.0 Å². The van der Waals surface area contributed by atoms with Crippen LogP contribution < -0.4 is 5.32 Å². The normalized spacial score (nSPS) is 12.4. The number of nitrogens with one attached hydrogen (secondary N) is 1. The smallest absolute Gasteiger partial charge is 0.0603 e. The van der Waals surface area contributed by atoms with Crippen LogP contribution >= 0.6 is 31.9 Å². The van der Waals surface area contributed by atoms with Crippen LogP contribution in [0.4, 0.5) is 0 Å². The quantitative estimate of drug-likeness (QED) is 0.875. The number of hydrogen-bond donors (Lipinski definition) is 1. The second-order valence-electron chi connectivity index (χ2n) is 4.12. The van der Waals surface area contributed by atoms with Gasteiger partial charge in [-0.25, -0.2) is 0 Å². The lowest BCUT2D eigenvalue weighted by Gasteiger charge is -2.20. The van der Waals surface area contributed by atoms with Gasteiger partial charge < -0.3 is 5.32 Å². The van der Waals surface area contributed by atoms with E-state index in [4.69, 9.17) is 0 Å². The highest BCUT2D eigenvalue weighted by molar-refractivity contribution is 9.11. The highest BCUT2D eigenvalue weighted by atomic mass is 79.9. The third kappa shape index (κ3) is 2.82. The number of hydrogen-bond acceptors (Lipinski definition) is 2. The number of aryl methyl sites for hydroxylation is 1. The Hall–Kier alpha value is -0.710. The summed E-state index contributed by atoms with van der Waals surface area (Å²) in [7, 11) is 1.96. The van der Waals surface area contributed by atoms with Gasteiger partial charge in [-0.2, -0.15) is 0 Å². The summed E-state index contributed by atoms with van der Waals surface area (Å²) in [5, 5.41) is 3.35. The zero-order valence-electron chi connectivity index (χ0n) is 10.2. The van der Waals surface area contributed by atoms with Gasteiger partial charge in [-0.05, 0) is 48.9 Å². The van der Waals surface area contributed by atoms with Crippen molar-refractivity contribution in [3.8, 4) is 0 Å². The highest BCUT2D eigenvalue weighted by Crippen LogP contribution is 2.31. The molecule has 1 aromatic heterocycles. The molecule has 94 valence electrons. The maximum atomic E-state index is 4.22.